The second-order valence-corrected chi connectivity index (χ2v) is 7.83. The van der Waals surface area contributed by atoms with E-state index in [-0.39, 0.29) is 11.9 Å². The number of nitrogens with one attached hydrogen (secondary N) is 1. The predicted molar refractivity (Wildman–Crippen MR) is 116 cm³/mol. The van der Waals surface area contributed by atoms with Gasteiger partial charge in [0.05, 0.1) is 6.04 Å². The van der Waals surface area contributed by atoms with E-state index in [0.717, 1.165) is 50.9 Å². The van der Waals surface area contributed by atoms with Gasteiger partial charge < -0.3 is 15.1 Å². The van der Waals surface area contributed by atoms with Crippen LogP contribution in [0.3, 0.4) is 0 Å². The van der Waals surface area contributed by atoms with Crippen LogP contribution in [0.4, 0.5) is 17.3 Å². The molecule has 3 heterocycles. The first-order valence-corrected chi connectivity index (χ1v) is 10.6. The first-order valence-electron chi connectivity index (χ1n) is 10.6. The fourth-order valence-electron chi connectivity index (χ4n) is 4.08. The number of carbonyl (C=O) groups is 1. The maximum Gasteiger partial charge on any atom is 0.241 e. The highest BCUT2D eigenvalue weighted by Gasteiger charge is 2.26. The summed E-state index contributed by atoms with van der Waals surface area (Å²) < 4.78 is 0. The van der Waals surface area contributed by atoms with Crippen LogP contribution in [0.1, 0.15) is 26.2 Å². The fourth-order valence-corrected chi connectivity index (χ4v) is 4.08. The Labute approximate surface area is 172 Å². The van der Waals surface area contributed by atoms with Crippen LogP contribution in [-0.4, -0.2) is 66.1 Å². The highest BCUT2D eigenvalue weighted by atomic mass is 16.2. The molecule has 0 bridgehead atoms. The number of carbonyl (C=O) groups excluding carboxylic acids is 1. The number of nitrogens with zero attached hydrogens (tertiary/aromatic N) is 5. The molecule has 4 rings (SSSR count). The maximum atomic E-state index is 12.7. The van der Waals surface area contributed by atoms with E-state index in [1.807, 2.05) is 25.1 Å². The van der Waals surface area contributed by atoms with Crippen LogP contribution in [0.2, 0.25) is 0 Å². The minimum atomic E-state index is -0.171. The Kier molecular flexibility index (Phi) is 6.24. The Hall–Kier alpha value is -2.67. The van der Waals surface area contributed by atoms with Crippen molar-refractivity contribution >= 4 is 23.2 Å². The standard InChI is InChI=1S/C22H30N6O/c1-18(26-14-16-28(17-15-26)22-23-10-5-11-24-22)21(29)25-19-6-8-20(9-7-19)27-12-3-2-4-13-27/h5-11,18H,2-4,12-17H2,1H3,(H,25,29)/t18-/m0/s1. The third-order valence-electron chi connectivity index (χ3n) is 5.93. The van der Waals surface area contributed by atoms with Crippen molar-refractivity contribution in [2.24, 2.45) is 0 Å². The van der Waals surface area contributed by atoms with Crippen LogP contribution in [0.5, 0.6) is 0 Å². The highest BCUT2D eigenvalue weighted by molar-refractivity contribution is 5.94. The zero-order chi connectivity index (χ0) is 20.1. The highest BCUT2D eigenvalue weighted by Crippen LogP contribution is 2.22. The number of piperazine rings is 1. The molecule has 154 valence electrons. The summed E-state index contributed by atoms with van der Waals surface area (Å²) in [5, 5.41) is 3.07. The summed E-state index contributed by atoms with van der Waals surface area (Å²) in [7, 11) is 0. The molecule has 2 aliphatic rings. The van der Waals surface area contributed by atoms with Crippen LogP contribution in [0, 0.1) is 0 Å². The normalized spacial score (nSPS) is 19.1. The maximum absolute atomic E-state index is 12.7. The van der Waals surface area contributed by atoms with Crippen molar-refractivity contribution in [2.45, 2.75) is 32.2 Å². The van der Waals surface area contributed by atoms with Crippen molar-refractivity contribution in [3.05, 3.63) is 42.7 Å². The van der Waals surface area contributed by atoms with Gasteiger partial charge >= 0.3 is 0 Å². The van der Waals surface area contributed by atoms with Gasteiger partial charge in [0.15, 0.2) is 0 Å². The van der Waals surface area contributed by atoms with Gasteiger partial charge in [-0.1, -0.05) is 0 Å². The lowest BCUT2D eigenvalue weighted by molar-refractivity contribution is -0.120. The Morgan fingerprint density at radius 1 is 0.897 bits per heavy atom. The molecule has 1 aromatic carbocycles. The molecule has 2 fully saturated rings. The molecule has 1 aromatic heterocycles. The fraction of sp³-hybridized carbons (Fsp3) is 0.500. The van der Waals surface area contributed by atoms with Crippen LogP contribution < -0.4 is 15.1 Å². The van der Waals surface area contributed by atoms with Gasteiger partial charge in [0, 0.05) is 63.0 Å². The molecule has 7 heteroatoms. The SMILES string of the molecule is C[C@@H](C(=O)Nc1ccc(N2CCCCC2)cc1)N1CCN(c2ncccn2)CC1. The van der Waals surface area contributed by atoms with E-state index in [2.05, 4.69) is 42.1 Å². The molecule has 0 radical (unpaired) electrons. The molecule has 1 atom stereocenters. The van der Waals surface area contributed by atoms with Crippen molar-refractivity contribution in [1.29, 1.82) is 0 Å². The van der Waals surface area contributed by atoms with Gasteiger partial charge in [0.2, 0.25) is 11.9 Å². The first-order chi connectivity index (χ1) is 14.2. The zero-order valence-electron chi connectivity index (χ0n) is 17.1. The van der Waals surface area contributed by atoms with Crippen molar-refractivity contribution < 1.29 is 4.79 Å². The van der Waals surface area contributed by atoms with Gasteiger partial charge in [0.25, 0.3) is 0 Å². The quantitative estimate of drug-likeness (QED) is 0.841. The van der Waals surface area contributed by atoms with Crippen LogP contribution >= 0.6 is 0 Å². The summed E-state index contributed by atoms with van der Waals surface area (Å²) >= 11 is 0. The number of anilines is 3. The molecule has 29 heavy (non-hydrogen) atoms. The van der Waals surface area contributed by atoms with E-state index in [1.165, 1.54) is 24.9 Å². The Bertz CT molecular complexity index is 783. The minimum absolute atomic E-state index is 0.0418. The van der Waals surface area contributed by atoms with E-state index >= 15 is 0 Å². The predicted octanol–water partition coefficient (Wildman–Crippen LogP) is 2.62. The molecular formula is C22H30N6O. The van der Waals surface area contributed by atoms with E-state index in [0.29, 0.717) is 0 Å². The summed E-state index contributed by atoms with van der Waals surface area (Å²) in [5.41, 5.74) is 2.11. The van der Waals surface area contributed by atoms with Crippen LogP contribution in [0.25, 0.3) is 0 Å². The summed E-state index contributed by atoms with van der Waals surface area (Å²) in [6, 6.07) is 9.91. The van der Waals surface area contributed by atoms with Gasteiger partial charge in [-0.15, -0.1) is 0 Å². The molecule has 1 N–H and O–H groups in total. The number of aromatic nitrogens is 2. The van der Waals surface area contributed by atoms with Gasteiger partial charge in [-0.2, -0.15) is 0 Å². The molecule has 2 aromatic rings. The number of piperidine rings is 1. The van der Waals surface area contributed by atoms with Crippen molar-refractivity contribution in [3.8, 4) is 0 Å². The molecule has 2 saturated heterocycles. The molecule has 7 nitrogen and oxygen atoms in total. The lowest BCUT2D eigenvalue weighted by Crippen LogP contribution is -2.53. The van der Waals surface area contributed by atoms with E-state index in [9.17, 15) is 4.79 Å². The second-order valence-electron chi connectivity index (χ2n) is 7.83. The lowest BCUT2D eigenvalue weighted by Gasteiger charge is -2.37. The average Bonchev–Trinajstić information content (AvgIpc) is 2.80. The van der Waals surface area contributed by atoms with Crippen LogP contribution in [0.15, 0.2) is 42.7 Å². The second kappa shape index (κ2) is 9.22. The largest absolute Gasteiger partial charge is 0.372 e. The first kappa shape index (κ1) is 19.6. The minimum Gasteiger partial charge on any atom is -0.372 e. The molecule has 0 spiro atoms. The Balaban J connectivity index is 1.28. The smallest absolute Gasteiger partial charge is 0.241 e. The van der Waals surface area contributed by atoms with Crippen molar-refractivity contribution in [2.75, 3.05) is 54.4 Å². The number of hydrogen-bond acceptors (Lipinski definition) is 6. The number of rotatable bonds is 5. The average molecular weight is 395 g/mol. The summed E-state index contributed by atoms with van der Waals surface area (Å²) in [4.78, 5) is 28.2. The monoisotopic (exact) mass is 394 g/mol. The third-order valence-corrected chi connectivity index (χ3v) is 5.93. The zero-order valence-corrected chi connectivity index (χ0v) is 17.1. The number of benzene rings is 1. The number of amides is 1. The van der Waals surface area contributed by atoms with Gasteiger partial charge in [-0.05, 0) is 56.5 Å². The van der Waals surface area contributed by atoms with Gasteiger partial charge in [-0.25, -0.2) is 9.97 Å². The molecule has 0 aliphatic carbocycles. The van der Waals surface area contributed by atoms with Crippen molar-refractivity contribution in [3.63, 3.8) is 0 Å². The van der Waals surface area contributed by atoms with Crippen LogP contribution in [-0.2, 0) is 4.79 Å². The Morgan fingerprint density at radius 3 is 2.21 bits per heavy atom. The third kappa shape index (κ3) is 4.85. The summed E-state index contributed by atoms with van der Waals surface area (Å²) in [6.07, 6.45) is 7.39. The topological polar surface area (TPSA) is 64.6 Å². The van der Waals surface area contributed by atoms with Crippen molar-refractivity contribution in [1.82, 2.24) is 14.9 Å². The van der Waals surface area contributed by atoms with E-state index in [1.54, 1.807) is 12.4 Å². The molecule has 2 aliphatic heterocycles. The molecule has 1 amide bonds. The lowest BCUT2D eigenvalue weighted by atomic mass is 10.1. The molecule has 0 saturated carbocycles. The summed E-state index contributed by atoms with van der Waals surface area (Å²) in [6.45, 7) is 7.53. The molecular weight excluding hydrogens is 364 g/mol. The summed E-state index contributed by atoms with van der Waals surface area (Å²) in [5.74, 6) is 0.804. The number of hydrogen-bond donors (Lipinski definition) is 1. The van der Waals surface area contributed by atoms with E-state index in [4.69, 9.17) is 0 Å². The Morgan fingerprint density at radius 2 is 1.55 bits per heavy atom. The molecule has 0 unspecified atom stereocenters. The van der Waals surface area contributed by atoms with Gasteiger partial charge in [0.1, 0.15) is 0 Å². The van der Waals surface area contributed by atoms with E-state index < -0.39 is 0 Å². The van der Waals surface area contributed by atoms with Gasteiger partial charge in [-0.3, -0.25) is 9.69 Å².